The van der Waals surface area contributed by atoms with Crippen LogP contribution in [-0.2, 0) is 14.3 Å². The number of carbonyl (C=O) groups excluding carboxylic acids is 2. The van der Waals surface area contributed by atoms with Crippen LogP contribution in [0, 0.1) is 5.92 Å². The molecule has 15 heavy (non-hydrogen) atoms. The number of esters is 1. The highest BCUT2D eigenvalue weighted by Crippen LogP contribution is 2.21. The van der Waals surface area contributed by atoms with Gasteiger partial charge in [-0.3, -0.25) is 9.59 Å². The van der Waals surface area contributed by atoms with Crippen molar-refractivity contribution in [3.63, 3.8) is 0 Å². The number of hydrogen-bond acceptors (Lipinski definition) is 3. The lowest BCUT2D eigenvalue weighted by molar-refractivity contribution is -0.152. The molecule has 4 nitrogen and oxygen atoms in total. The van der Waals surface area contributed by atoms with Crippen molar-refractivity contribution in [3.05, 3.63) is 0 Å². The highest BCUT2D eigenvalue weighted by Gasteiger charge is 2.36. The Morgan fingerprint density at radius 2 is 2.00 bits per heavy atom. The maximum atomic E-state index is 11.6. The number of carbonyl (C=O) groups is 2. The first-order valence-electron chi connectivity index (χ1n) is 5.41. The number of rotatable bonds is 3. The van der Waals surface area contributed by atoms with Crippen LogP contribution in [0.1, 0.15) is 34.1 Å². The molecule has 0 aromatic heterocycles. The smallest absolute Gasteiger partial charge is 0.311 e. The van der Waals surface area contributed by atoms with Gasteiger partial charge in [-0.05, 0) is 27.7 Å². The number of hydrogen-bond donors (Lipinski definition) is 0. The average molecular weight is 213 g/mol. The predicted molar refractivity (Wildman–Crippen MR) is 56.2 cm³/mol. The number of likely N-dealkylation sites (tertiary alicyclic amines) is 1. The quantitative estimate of drug-likeness (QED) is 0.662. The molecule has 0 aliphatic carbocycles. The summed E-state index contributed by atoms with van der Waals surface area (Å²) in [4.78, 5) is 24.8. The summed E-state index contributed by atoms with van der Waals surface area (Å²) in [6.07, 6.45) is 0.185. The molecule has 0 N–H and O–H groups in total. The summed E-state index contributed by atoms with van der Waals surface area (Å²) in [6, 6.07) is 0.161. The molecule has 0 spiro atoms. The summed E-state index contributed by atoms with van der Waals surface area (Å²) in [5, 5.41) is 0. The Morgan fingerprint density at radius 1 is 1.40 bits per heavy atom. The lowest BCUT2D eigenvalue weighted by atomic mass is 10.1. The zero-order valence-electron chi connectivity index (χ0n) is 9.82. The molecule has 0 aromatic carbocycles. The summed E-state index contributed by atoms with van der Waals surface area (Å²) in [7, 11) is 0. The summed E-state index contributed by atoms with van der Waals surface area (Å²) in [6.45, 7) is 8.04. The molecular formula is C11H19NO3. The summed E-state index contributed by atoms with van der Waals surface area (Å²) in [5.74, 6) is -0.473. The van der Waals surface area contributed by atoms with Gasteiger partial charge in [0.15, 0.2) is 0 Å². The Bertz CT molecular complexity index is 261. The molecule has 0 aromatic rings. The molecule has 1 saturated heterocycles. The largest absolute Gasteiger partial charge is 0.463 e. The summed E-state index contributed by atoms with van der Waals surface area (Å²) in [5.41, 5.74) is 0. The van der Waals surface area contributed by atoms with Gasteiger partial charge in [0, 0.05) is 19.0 Å². The molecule has 1 heterocycles. The summed E-state index contributed by atoms with van der Waals surface area (Å²) >= 11 is 0. The van der Waals surface area contributed by atoms with Gasteiger partial charge in [0.25, 0.3) is 0 Å². The molecular weight excluding hydrogens is 194 g/mol. The molecule has 1 aliphatic rings. The lowest BCUT2D eigenvalue weighted by Gasteiger charge is -2.20. The second-order valence-electron chi connectivity index (χ2n) is 4.53. The molecule has 4 heteroatoms. The van der Waals surface area contributed by atoms with Crippen molar-refractivity contribution in [2.45, 2.75) is 46.3 Å². The molecule has 0 saturated carbocycles. The van der Waals surface area contributed by atoms with E-state index in [2.05, 4.69) is 0 Å². The van der Waals surface area contributed by atoms with Gasteiger partial charge < -0.3 is 9.64 Å². The van der Waals surface area contributed by atoms with Crippen molar-refractivity contribution in [1.29, 1.82) is 0 Å². The Labute approximate surface area is 90.6 Å². The van der Waals surface area contributed by atoms with Crippen LogP contribution in [-0.4, -0.2) is 35.5 Å². The van der Waals surface area contributed by atoms with Crippen LogP contribution in [0.2, 0.25) is 0 Å². The standard InChI is InChI=1S/C11H19NO3/c1-7(2)12-6-9(5-10(12)13)11(14)15-8(3)4/h7-9H,5-6H2,1-4H3. The van der Waals surface area contributed by atoms with E-state index in [1.54, 1.807) is 4.90 Å². The van der Waals surface area contributed by atoms with E-state index >= 15 is 0 Å². The Hall–Kier alpha value is -1.06. The fourth-order valence-electron chi connectivity index (χ4n) is 1.72. The van der Waals surface area contributed by atoms with Gasteiger partial charge in [0.1, 0.15) is 0 Å². The van der Waals surface area contributed by atoms with Crippen LogP contribution >= 0.6 is 0 Å². The van der Waals surface area contributed by atoms with Crippen molar-refractivity contribution in [1.82, 2.24) is 4.90 Å². The Kier molecular flexibility index (Phi) is 3.72. The molecule has 86 valence electrons. The van der Waals surface area contributed by atoms with E-state index in [-0.39, 0.29) is 29.9 Å². The van der Waals surface area contributed by atoms with Crippen LogP contribution in [0.3, 0.4) is 0 Å². The molecule has 1 aliphatic heterocycles. The van der Waals surface area contributed by atoms with Crippen LogP contribution in [0.25, 0.3) is 0 Å². The second kappa shape index (κ2) is 4.64. The van der Waals surface area contributed by atoms with E-state index in [1.165, 1.54) is 0 Å². The monoisotopic (exact) mass is 213 g/mol. The minimum absolute atomic E-state index is 0.0516. The zero-order chi connectivity index (χ0) is 11.6. The van der Waals surface area contributed by atoms with Crippen LogP contribution in [0.5, 0.6) is 0 Å². The lowest BCUT2D eigenvalue weighted by Crippen LogP contribution is -2.33. The van der Waals surface area contributed by atoms with E-state index in [1.807, 2.05) is 27.7 Å². The van der Waals surface area contributed by atoms with Crippen molar-refractivity contribution in [3.8, 4) is 0 Å². The maximum Gasteiger partial charge on any atom is 0.311 e. The SMILES string of the molecule is CC(C)OC(=O)C1CC(=O)N(C(C)C)C1. The van der Waals surface area contributed by atoms with Gasteiger partial charge in [0.2, 0.25) is 5.91 Å². The third-order valence-corrected chi connectivity index (χ3v) is 2.47. The molecule has 1 fully saturated rings. The van der Waals surface area contributed by atoms with Crippen LogP contribution in [0.4, 0.5) is 0 Å². The van der Waals surface area contributed by atoms with Crippen LogP contribution in [0.15, 0.2) is 0 Å². The van der Waals surface area contributed by atoms with Crippen molar-refractivity contribution < 1.29 is 14.3 Å². The van der Waals surface area contributed by atoms with Crippen molar-refractivity contribution >= 4 is 11.9 Å². The van der Waals surface area contributed by atoms with Gasteiger partial charge in [0.05, 0.1) is 12.0 Å². The van der Waals surface area contributed by atoms with Crippen molar-refractivity contribution in [2.75, 3.05) is 6.54 Å². The first-order chi connectivity index (χ1) is 6.91. The molecule has 1 amide bonds. The first kappa shape index (κ1) is 12.0. The molecule has 1 atom stereocenters. The third-order valence-electron chi connectivity index (χ3n) is 2.47. The first-order valence-corrected chi connectivity index (χ1v) is 5.41. The van der Waals surface area contributed by atoms with E-state index < -0.39 is 0 Å². The van der Waals surface area contributed by atoms with Gasteiger partial charge in [-0.2, -0.15) is 0 Å². The highest BCUT2D eigenvalue weighted by molar-refractivity contribution is 5.87. The second-order valence-corrected chi connectivity index (χ2v) is 4.53. The fourth-order valence-corrected chi connectivity index (χ4v) is 1.72. The van der Waals surface area contributed by atoms with Gasteiger partial charge in [-0.25, -0.2) is 0 Å². The molecule has 1 unspecified atom stereocenters. The fraction of sp³-hybridized carbons (Fsp3) is 0.818. The average Bonchev–Trinajstić information content (AvgIpc) is 2.46. The molecule has 0 radical (unpaired) electrons. The molecule has 1 rings (SSSR count). The van der Waals surface area contributed by atoms with E-state index in [4.69, 9.17) is 4.74 Å². The minimum atomic E-state index is -0.276. The van der Waals surface area contributed by atoms with E-state index in [9.17, 15) is 9.59 Å². The topological polar surface area (TPSA) is 46.6 Å². The Balaban J connectivity index is 2.54. The van der Waals surface area contributed by atoms with E-state index in [0.29, 0.717) is 13.0 Å². The minimum Gasteiger partial charge on any atom is -0.463 e. The number of amides is 1. The van der Waals surface area contributed by atoms with Gasteiger partial charge in [-0.1, -0.05) is 0 Å². The zero-order valence-corrected chi connectivity index (χ0v) is 9.82. The highest BCUT2D eigenvalue weighted by atomic mass is 16.5. The van der Waals surface area contributed by atoms with Crippen molar-refractivity contribution in [2.24, 2.45) is 5.92 Å². The predicted octanol–water partition coefficient (Wildman–Crippen LogP) is 1.19. The number of ether oxygens (including phenoxy) is 1. The third kappa shape index (κ3) is 2.94. The normalized spacial score (nSPS) is 21.6. The van der Waals surface area contributed by atoms with Gasteiger partial charge >= 0.3 is 5.97 Å². The summed E-state index contributed by atoms with van der Waals surface area (Å²) < 4.78 is 5.09. The Morgan fingerprint density at radius 3 is 2.40 bits per heavy atom. The maximum absolute atomic E-state index is 11.6. The number of nitrogens with zero attached hydrogens (tertiary/aromatic N) is 1. The van der Waals surface area contributed by atoms with Gasteiger partial charge in [-0.15, -0.1) is 0 Å². The van der Waals surface area contributed by atoms with Crippen LogP contribution < -0.4 is 0 Å². The molecule has 0 bridgehead atoms. The van der Waals surface area contributed by atoms with E-state index in [0.717, 1.165) is 0 Å².